The molecule has 0 aromatic heterocycles. The number of carbonyl (C=O) groups excluding carboxylic acids is 1. The van der Waals surface area contributed by atoms with Crippen LogP contribution in [0.15, 0.2) is 30.3 Å². The van der Waals surface area contributed by atoms with Gasteiger partial charge in [-0.1, -0.05) is 39.0 Å². The molecule has 2 nitrogen and oxygen atoms in total. The summed E-state index contributed by atoms with van der Waals surface area (Å²) in [6.07, 6.45) is 2.92. The number of ether oxygens (including phenoxy) is 1. The molecule has 21 heavy (non-hydrogen) atoms. The fraction of sp³-hybridized carbons (Fsp3) is 0.611. The number of hydrogen-bond acceptors (Lipinski definition) is 2. The largest absolute Gasteiger partial charge is 0.481 e. The number of benzene rings is 1. The minimum absolute atomic E-state index is 0.127. The Balaban J connectivity index is 1.88. The minimum atomic E-state index is -0.538. The predicted octanol–water partition coefficient (Wildman–Crippen LogP) is 4.66. The first-order chi connectivity index (χ1) is 9.86. The lowest BCUT2D eigenvalue weighted by Crippen LogP contribution is -2.43. The lowest BCUT2D eigenvalue weighted by Gasteiger charge is -2.41. The molecule has 0 N–H and O–H groups in total. The third-order valence-corrected chi connectivity index (χ3v) is 6.67. The first kappa shape index (κ1) is 14.9. The van der Waals surface area contributed by atoms with Gasteiger partial charge in [-0.05, 0) is 59.7 Å². The Hall–Kier alpha value is -1.02. The monoisotopic (exact) mass is 306 g/mol. The number of fused-ring (bicyclic) bond motifs is 2. The van der Waals surface area contributed by atoms with Crippen LogP contribution in [0.2, 0.25) is 0 Å². The van der Waals surface area contributed by atoms with Gasteiger partial charge in [0, 0.05) is 5.92 Å². The highest BCUT2D eigenvalue weighted by Gasteiger charge is 2.64. The molecule has 2 saturated carbocycles. The normalized spacial score (nSPS) is 34.7. The maximum Gasteiger partial charge on any atom is 0.262 e. The van der Waals surface area contributed by atoms with Gasteiger partial charge in [-0.2, -0.15) is 0 Å². The molecule has 1 aromatic carbocycles. The SMILES string of the molecule is CC1(C)C2CCC1(C)C(C(Oc1ccccc1)C(=O)Cl)C2. The summed E-state index contributed by atoms with van der Waals surface area (Å²) in [4.78, 5) is 12.0. The molecule has 0 saturated heterocycles. The Morgan fingerprint density at radius 1 is 1.29 bits per heavy atom. The van der Waals surface area contributed by atoms with Gasteiger partial charge in [0.15, 0.2) is 6.10 Å². The van der Waals surface area contributed by atoms with Gasteiger partial charge in [0.25, 0.3) is 5.24 Å². The van der Waals surface area contributed by atoms with Crippen molar-refractivity contribution < 1.29 is 9.53 Å². The van der Waals surface area contributed by atoms with E-state index in [1.807, 2.05) is 30.3 Å². The van der Waals surface area contributed by atoms with Crippen molar-refractivity contribution in [3.05, 3.63) is 30.3 Å². The number of carbonyl (C=O) groups is 1. The highest BCUT2D eigenvalue weighted by atomic mass is 35.5. The molecule has 0 heterocycles. The van der Waals surface area contributed by atoms with Crippen LogP contribution < -0.4 is 4.74 Å². The van der Waals surface area contributed by atoms with E-state index >= 15 is 0 Å². The Bertz CT molecular complexity index is 539. The standard InChI is InChI=1S/C18H23ClO2/c1-17(2)12-9-10-18(17,3)14(11-12)15(16(19)20)21-13-7-5-4-6-8-13/h4-8,12,14-15H,9-11H2,1-3H3. The van der Waals surface area contributed by atoms with E-state index in [2.05, 4.69) is 20.8 Å². The Kier molecular flexibility index (Phi) is 3.56. The molecule has 3 heteroatoms. The van der Waals surface area contributed by atoms with Crippen molar-refractivity contribution in [2.45, 2.75) is 46.1 Å². The average Bonchev–Trinajstić information content (AvgIpc) is 2.78. The molecule has 3 rings (SSSR count). The van der Waals surface area contributed by atoms with Gasteiger partial charge in [0.1, 0.15) is 5.75 Å². The second-order valence-electron chi connectivity index (χ2n) is 7.37. The van der Waals surface area contributed by atoms with E-state index in [1.54, 1.807) is 0 Å². The van der Waals surface area contributed by atoms with Crippen molar-refractivity contribution in [3.8, 4) is 5.75 Å². The summed E-state index contributed by atoms with van der Waals surface area (Å²) in [5.74, 6) is 1.60. The van der Waals surface area contributed by atoms with E-state index in [0.717, 1.165) is 18.6 Å². The van der Waals surface area contributed by atoms with E-state index in [0.29, 0.717) is 5.92 Å². The summed E-state index contributed by atoms with van der Waals surface area (Å²) in [5, 5.41) is -0.367. The molecule has 2 bridgehead atoms. The van der Waals surface area contributed by atoms with Gasteiger partial charge in [-0.3, -0.25) is 4.79 Å². The van der Waals surface area contributed by atoms with Crippen molar-refractivity contribution in [2.75, 3.05) is 0 Å². The second-order valence-corrected chi connectivity index (χ2v) is 7.75. The van der Waals surface area contributed by atoms with Gasteiger partial charge < -0.3 is 4.74 Å². The molecule has 114 valence electrons. The van der Waals surface area contributed by atoms with Crippen LogP contribution in [0.3, 0.4) is 0 Å². The number of rotatable bonds is 4. The van der Waals surface area contributed by atoms with Crippen LogP contribution >= 0.6 is 11.6 Å². The zero-order valence-corrected chi connectivity index (χ0v) is 13.7. The maximum absolute atomic E-state index is 12.0. The van der Waals surface area contributed by atoms with Crippen molar-refractivity contribution >= 4 is 16.8 Å². The number of para-hydroxylation sites is 1. The van der Waals surface area contributed by atoms with Gasteiger partial charge >= 0.3 is 0 Å². The summed E-state index contributed by atoms with van der Waals surface area (Å²) in [5.41, 5.74) is 0.379. The van der Waals surface area contributed by atoms with Gasteiger partial charge in [-0.25, -0.2) is 0 Å². The molecule has 2 aliphatic carbocycles. The topological polar surface area (TPSA) is 26.3 Å². The smallest absolute Gasteiger partial charge is 0.262 e. The Morgan fingerprint density at radius 2 is 1.95 bits per heavy atom. The molecule has 4 unspecified atom stereocenters. The first-order valence-electron chi connectivity index (χ1n) is 7.77. The molecule has 1 aromatic rings. The maximum atomic E-state index is 12.0. The zero-order chi connectivity index (χ0) is 15.3. The van der Waals surface area contributed by atoms with Crippen molar-refractivity contribution in [1.29, 1.82) is 0 Å². The lowest BCUT2D eigenvalue weighted by molar-refractivity contribution is -0.123. The molecule has 0 amide bonds. The van der Waals surface area contributed by atoms with Crippen LogP contribution in [0.5, 0.6) is 5.75 Å². The van der Waals surface area contributed by atoms with E-state index in [1.165, 1.54) is 6.42 Å². The van der Waals surface area contributed by atoms with Crippen LogP contribution in [0.1, 0.15) is 40.0 Å². The fourth-order valence-corrected chi connectivity index (χ4v) is 4.85. The molecule has 4 atom stereocenters. The third-order valence-electron chi connectivity index (χ3n) is 6.46. The molecular formula is C18H23ClO2. The average molecular weight is 307 g/mol. The zero-order valence-electron chi connectivity index (χ0n) is 12.9. The highest BCUT2D eigenvalue weighted by Crippen LogP contribution is 2.69. The third kappa shape index (κ3) is 2.19. The molecule has 0 radical (unpaired) electrons. The Morgan fingerprint density at radius 3 is 2.43 bits per heavy atom. The number of hydrogen-bond donors (Lipinski definition) is 0. The highest BCUT2D eigenvalue weighted by molar-refractivity contribution is 6.64. The minimum Gasteiger partial charge on any atom is -0.481 e. The van der Waals surface area contributed by atoms with Crippen molar-refractivity contribution in [3.63, 3.8) is 0 Å². The first-order valence-corrected chi connectivity index (χ1v) is 8.15. The summed E-state index contributed by atoms with van der Waals surface area (Å²) >= 11 is 5.90. The number of halogens is 1. The van der Waals surface area contributed by atoms with Crippen LogP contribution in [0.25, 0.3) is 0 Å². The molecular weight excluding hydrogens is 284 g/mol. The van der Waals surface area contributed by atoms with E-state index in [4.69, 9.17) is 16.3 Å². The van der Waals surface area contributed by atoms with Crippen LogP contribution in [0, 0.1) is 22.7 Å². The fourth-order valence-electron chi connectivity index (χ4n) is 4.66. The predicted molar refractivity (Wildman–Crippen MR) is 84.4 cm³/mol. The van der Waals surface area contributed by atoms with Crippen molar-refractivity contribution in [1.82, 2.24) is 0 Å². The summed E-state index contributed by atoms with van der Waals surface area (Å²) in [6.45, 7) is 6.98. The van der Waals surface area contributed by atoms with Crippen LogP contribution in [-0.4, -0.2) is 11.3 Å². The van der Waals surface area contributed by atoms with Gasteiger partial charge in [-0.15, -0.1) is 0 Å². The lowest BCUT2D eigenvalue weighted by atomic mass is 9.65. The van der Waals surface area contributed by atoms with E-state index in [-0.39, 0.29) is 22.0 Å². The summed E-state index contributed by atoms with van der Waals surface area (Å²) in [7, 11) is 0. The van der Waals surface area contributed by atoms with Crippen LogP contribution in [-0.2, 0) is 4.79 Å². The quantitative estimate of drug-likeness (QED) is 0.756. The Labute approximate surface area is 131 Å². The molecule has 0 spiro atoms. The molecule has 0 aliphatic heterocycles. The van der Waals surface area contributed by atoms with Crippen LogP contribution in [0.4, 0.5) is 0 Å². The molecule has 2 fully saturated rings. The summed E-state index contributed by atoms with van der Waals surface area (Å²) < 4.78 is 5.99. The summed E-state index contributed by atoms with van der Waals surface area (Å²) in [6, 6.07) is 9.53. The second kappa shape index (κ2) is 5.01. The van der Waals surface area contributed by atoms with Gasteiger partial charge in [0.2, 0.25) is 0 Å². The van der Waals surface area contributed by atoms with Crippen molar-refractivity contribution in [2.24, 2.45) is 22.7 Å². The van der Waals surface area contributed by atoms with E-state index < -0.39 is 6.10 Å². The van der Waals surface area contributed by atoms with Gasteiger partial charge in [0.05, 0.1) is 0 Å². The molecule has 2 aliphatic rings. The van der Waals surface area contributed by atoms with E-state index in [9.17, 15) is 4.79 Å².